The largest absolute Gasteiger partial charge is 0.341 e. The molecule has 6 heteroatoms. The number of hydrogen-bond donors (Lipinski definition) is 0. The predicted octanol–water partition coefficient (Wildman–Crippen LogP) is 1.95. The van der Waals surface area contributed by atoms with Crippen molar-refractivity contribution in [3.63, 3.8) is 0 Å². The van der Waals surface area contributed by atoms with Crippen molar-refractivity contribution in [3.8, 4) is 0 Å². The van der Waals surface area contributed by atoms with Crippen molar-refractivity contribution in [2.45, 2.75) is 56.9 Å². The highest BCUT2D eigenvalue weighted by Gasteiger charge is 2.28. The fourth-order valence-corrected chi connectivity index (χ4v) is 3.40. The number of carbonyl (C=O) groups is 1. The van der Waals surface area contributed by atoms with Crippen molar-refractivity contribution < 1.29 is 4.79 Å². The molecule has 1 atom stereocenters. The van der Waals surface area contributed by atoms with Crippen LogP contribution in [0, 0.1) is 0 Å². The van der Waals surface area contributed by atoms with E-state index in [1.54, 1.807) is 6.92 Å². The van der Waals surface area contributed by atoms with Gasteiger partial charge in [0.05, 0.1) is 17.4 Å². The predicted molar refractivity (Wildman–Crippen MR) is 76.8 cm³/mol. The maximum Gasteiger partial charge on any atom is 0.240 e. The second kappa shape index (κ2) is 5.72. The molecule has 1 amide bonds. The lowest BCUT2D eigenvalue weighted by atomic mass is 9.99. The normalized spacial score (nSPS) is 21.6. The molecule has 1 aliphatic carbocycles. The van der Waals surface area contributed by atoms with Crippen LogP contribution in [0.1, 0.15) is 50.0 Å². The topological polar surface area (TPSA) is 51.0 Å². The molecule has 1 aliphatic heterocycles. The van der Waals surface area contributed by atoms with Gasteiger partial charge in [0.15, 0.2) is 0 Å². The number of nitrogens with zero attached hydrogens (tertiary/aromatic N) is 4. The molecule has 1 fully saturated rings. The number of aryl methyl sites for hydroxylation is 1. The van der Waals surface area contributed by atoms with Crippen LogP contribution in [0.4, 0.5) is 0 Å². The Hall–Kier alpha value is -1.10. The van der Waals surface area contributed by atoms with Crippen molar-refractivity contribution >= 4 is 17.5 Å². The smallest absolute Gasteiger partial charge is 0.240 e. The number of halogens is 1. The van der Waals surface area contributed by atoms with E-state index >= 15 is 0 Å². The fraction of sp³-hybridized carbons (Fsp3) is 0.786. The van der Waals surface area contributed by atoms with E-state index in [0.29, 0.717) is 6.04 Å². The maximum atomic E-state index is 11.9. The van der Waals surface area contributed by atoms with Crippen LogP contribution in [0.15, 0.2) is 0 Å². The van der Waals surface area contributed by atoms with Gasteiger partial charge >= 0.3 is 0 Å². The Morgan fingerprint density at radius 3 is 2.70 bits per heavy atom. The average molecular weight is 297 g/mol. The maximum absolute atomic E-state index is 11.9. The summed E-state index contributed by atoms with van der Waals surface area (Å²) in [7, 11) is 0. The van der Waals surface area contributed by atoms with E-state index in [2.05, 4.69) is 15.0 Å². The lowest BCUT2D eigenvalue weighted by molar-refractivity contribution is -0.131. The summed E-state index contributed by atoms with van der Waals surface area (Å²) in [6, 6.07) is 0.388. The summed E-state index contributed by atoms with van der Waals surface area (Å²) in [5.41, 5.74) is 2.51. The molecule has 0 aromatic carbocycles. The molecule has 0 radical (unpaired) electrons. The molecule has 3 rings (SSSR count). The first-order chi connectivity index (χ1) is 9.66. The minimum absolute atomic E-state index is 0.0470. The van der Waals surface area contributed by atoms with E-state index in [4.69, 9.17) is 11.6 Å². The number of fused-ring (bicyclic) bond motifs is 1. The molecule has 1 unspecified atom stereocenters. The highest BCUT2D eigenvalue weighted by atomic mass is 35.5. The molecule has 0 saturated carbocycles. The Kier molecular flexibility index (Phi) is 3.96. The summed E-state index contributed by atoms with van der Waals surface area (Å²) in [4.78, 5) is 13.8. The Balaban J connectivity index is 1.66. The summed E-state index contributed by atoms with van der Waals surface area (Å²) in [6.07, 6.45) is 6.53. The monoisotopic (exact) mass is 296 g/mol. The van der Waals surface area contributed by atoms with Gasteiger partial charge in [-0.3, -0.25) is 4.79 Å². The molecule has 110 valence electrons. The van der Waals surface area contributed by atoms with Gasteiger partial charge in [-0.25, -0.2) is 4.68 Å². The Labute approximate surface area is 124 Å². The average Bonchev–Trinajstić information content (AvgIpc) is 2.90. The molecular weight excluding hydrogens is 276 g/mol. The van der Waals surface area contributed by atoms with Crippen LogP contribution in [-0.4, -0.2) is 44.3 Å². The van der Waals surface area contributed by atoms with Crippen molar-refractivity contribution in [3.05, 3.63) is 11.4 Å². The summed E-state index contributed by atoms with van der Waals surface area (Å²) in [6.45, 7) is 3.29. The van der Waals surface area contributed by atoms with Gasteiger partial charge in [-0.15, -0.1) is 16.7 Å². The second-order valence-electron chi connectivity index (χ2n) is 5.81. The fourth-order valence-electron chi connectivity index (χ4n) is 3.26. The molecule has 2 aliphatic rings. The minimum atomic E-state index is -0.425. The second-order valence-corrected chi connectivity index (χ2v) is 6.46. The van der Waals surface area contributed by atoms with E-state index < -0.39 is 5.38 Å². The zero-order chi connectivity index (χ0) is 14.1. The molecule has 2 heterocycles. The molecule has 1 aromatic rings. The first-order valence-electron chi connectivity index (χ1n) is 7.52. The first kappa shape index (κ1) is 13.9. The van der Waals surface area contributed by atoms with Gasteiger partial charge in [0.1, 0.15) is 5.38 Å². The molecule has 0 bridgehead atoms. The lowest BCUT2D eigenvalue weighted by Crippen LogP contribution is -2.42. The van der Waals surface area contributed by atoms with Gasteiger partial charge in [-0.05, 0) is 45.4 Å². The molecule has 1 saturated heterocycles. The van der Waals surface area contributed by atoms with Crippen LogP contribution >= 0.6 is 11.6 Å². The van der Waals surface area contributed by atoms with E-state index in [-0.39, 0.29) is 5.91 Å². The van der Waals surface area contributed by atoms with Crippen LogP contribution in [0.2, 0.25) is 0 Å². The number of amides is 1. The van der Waals surface area contributed by atoms with Crippen LogP contribution in [0.5, 0.6) is 0 Å². The third kappa shape index (κ3) is 2.55. The number of carbonyl (C=O) groups excluding carboxylic acids is 1. The summed E-state index contributed by atoms with van der Waals surface area (Å²) < 4.78 is 2.13. The van der Waals surface area contributed by atoms with Gasteiger partial charge in [0.25, 0.3) is 0 Å². The standard InChI is InChI=1S/C14H21ClN4O/c1-10(15)14(20)18-8-6-11(7-9-18)19-13-5-3-2-4-12(13)16-17-19/h10-11H,2-9H2,1H3. The van der Waals surface area contributed by atoms with E-state index in [1.807, 2.05) is 4.90 Å². The number of rotatable bonds is 2. The summed E-state index contributed by atoms with van der Waals surface area (Å²) in [5, 5.41) is 8.26. The molecule has 5 nitrogen and oxygen atoms in total. The zero-order valence-corrected chi connectivity index (χ0v) is 12.6. The van der Waals surface area contributed by atoms with Crippen molar-refractivity contribution in [1.29, 1.82) is 0 Å². The highest BCUT2D eigenvalue weighted by molar-refractivity contribution is 6.30. The van der Waals surface area contributed by atoms with Crippen LogP contribution < -0.4 is 0 Å². The van der Waals surface area contributed by atoms with Crippen LogP contribution in [0.3, 0.4) is 0 Å². The third-order valence-electron chi connectivity index (χ3n) is 4.41. The zero-order valence-electron chi connectivity index (χ0n) is 11.9. The molecule has 20 heavy (non-hydrogen) atoms. The number of aromatic nitrogens is 3. The van der Waals surface area contributed by atoms with Crippen LogP contribution in [0.25, 0.3) is 0 Å². The van der Waals surface area contributed by atoms with Gasteiger partial charge in [0.2, 0.25) is 5.91 Å². The molecule has 0 spiro atoms. The Morgan fingerprint density at radius 1 is 1.30 bits per heavy atom. The number of piperidine rings is 1. The van der Waals surface area contributed by atoms with E-state index in [0.717, 1.165) is 38.8 Å². The highest BCUT2D eigenvalue weighted by Crippen LogP contribution is 2.27. The van der Waals surface area contributed by atoms with Gasteiger partial charge in [-0.1, -0.05) is 5.21 Å². The third-order valence-corrected chi connectivity index (χ3v) is 4.60. The SMILES string of the molecule is CC(Cl)C(=O)N1CCC(n2nnc3c2CCCC3)CC1. The van der Waals surface area contributed by atoms with Gasteiger partial charge < -0.3 is 4.90 Å². The van der Waals surface area contributed by atoms with E-state index in [1.165, 1.54) is 24.2 Å². The Bertz CT molecular complexity index is 491. The first-order valence-corrected chi connectivity index (χ1v) is 7.96. The Morgan fingerprint density at radius 2 is 2.00 bits per heavy atom. The van der Waals surface area contributed by atoms with E-state index in [9.17, 15) is 4.79 Å². The van der Waals surface area contributed by atoms with Crippen molar-refractivity contribution in [1.82, 2.24) is 19.9 Å². The number of alkyl halides is 1. The summed E-state index contributed by atoms with van der Waals surface area (Å²) >= 11 is 5.87. The van der Waals surface area contributed by atoms with Gasteiger partial charge in [-0.2, -0.15) is 0 Å². The lowest BCUT2D eigenvalue weighted by Gasteiger charge is -2.33. The number of likely N-dealkylation sites (tertiary alicyclic amines) is 1. The minimum Gasteiger partial charge on any atom is -0.341 e. The molecule has 1 aromatic heterocycles. The summed E-state index contributed by atoms with van der Waals surface area (Å²) in [5.74, 6) is 0.0470. The van der Waals surface area contributed by atoms with Gasteiger partial charge in [0, 0.05) is 13.1 Å². The number of hydrogen-bond acceptors (Lipinski definition) is 3. The molecule has 0 N–H and O–H groups in total. The van der Waals surface area contributed by atoms with Crippen LogP contribution in [-0.2, 0) is 17.6 Å². The quantitative estimate of drug-likeness (QED) is 0.784. The van der Waals surface area contributed by atoms with Crippen molar-refractivity contribution in [2.75, 3.05) is 13.1 Å². The molecular formula is C14H21ClN4O. The van der Waals surface area contributed by atoms with Crippen molar-refractivity contribution in [2.24, 2.45) is 0 Å².